The van der Waals surface area contributed by atoms with Crippen LogP contribution < -0.4 is 0 Å². The first kappa shape index (κ1) is 11.5. The number of benzene rings is 1. The van der Waals surface area contributed by atoms with Crippen molar-refractivity contribution in [2.45, 2.75) is 6.42 Å². The zero-order chi connectivity index (χ0) is 12.1. The van der Waals surface area contributed by atoms with Gasteiger partial charge in [0.15, 0.2) is 0 Å². The Morgan fingerprint density at radius 1 is 1.56 bits per heavy atom. The van der Waals surface area contributed by atoms with Crippen LogP contribution in [0.4, 0.5) is 11.4 Å². The van der Waals surface area contributed by atoms with Crippen molar-refractivity contribution in [2.24, 2.45) is 4.99 Å². The normalized spacial score (nSPS) is 9.25. The molecule has 1 rings (SSSR count). The molecule has 82 valence electrons. The summed E-state index contributed by atoms with van der Waals surface area (Å²) in [4.78, 5) is 33.8. The standard InChI is InChI=1S/C9H6N2O5/c12-5-10-7-2-1-3-8(11(15)16)6(7)4-9(13)14/h1-3H,4H2,(H,13,14). The highest BCUT2D eigenvalue weighted by molar-refractivity contribution is 5.76. The van der Waals surface area contributed by atoms with Gasteiger partial charge in [0, 0.05) is 6.07 Å². The van der Waals surface area contributed by atoms with Crippen LogP contribution in [0.3, 0.4) is 0 Å². The lowest BCUT2D eigenvalue weighted by atomic mass is 10.1. The zero-order valence-corrected chi connectivity index (χ0v) is 7.91. The fourth-order valence-corrected chi connectivity index (χ4v) is 1.22. The molecule has 1 aromatic carbocycles. The fourth-order valence-electron chi connectivity index (χ4n) is 1.22. The van der Waals surface area contributed by atoms with Gasteiger partial charge in [0.2, 0.25) is 6.08 Å². The van der Waals surface area contributed by atoms with Crippen molar-refractivity contribution < 1.29 is 19.6 Å². The Labute approximate surface area is 89.2 Å². The summed E-state index contributed by atoms with van der Waals surface area (Å²) in [6.07, 6.45) is 0.651. The molecule has 0 fully saturated rings. The van der Waals surface area contributed by atoms with E-state index in [0.717, 1.165) is 6.07 Å². The van der Waals surface area contributed by atoms with E-state index in [9.17, 15) is 19.7 Å². The number of isocyanates is 1. The first-order valence-corrected chi connectivity index (χ1v) is 4.12. The smallest absolute Gasteiger partial charge is 0.308 e. The fraction of sp³-hybridized carbons (Fsp3) is 0.111. The molecule has 0 aromatic heterocycles. The van der Waals surface area contributed by atoms with E-state index in [-0.39, 0.29) is 16.9 Å². The maximum atomic E-state index is 10.6. The minimum Gasteiger partial charge on any atom is -0.481 e. The number of hydrogen-bond donors (Lipinski definition) is 1. The number of rotatable bonds is 4. The molecule has 0 aliphatic rings. The van der Waals surface area contributed by atoms with Crippen LogP contribution in [0.15, 0.2) is 23.2 Å². The van der Waals surface area contributed by atoms with Gasteiger partial charge in [-0.2, -0.15) is 4.99 Å². The largest absolute Gasteiger partial charge is 0.481 e. The van der Waals surface area contributed by atoms with Crippen molar-refractivity contribution in [1.82, 2.24) is 0 Å². The van der Waals surface area contributed by atoms with E-state index in [4.69, 9.17) is 5.11 Å². The Bertz CT molecular complexity index is 470. The van der Waals surface area contributed by atoms with Crippen LogP contribution in [-0.4, -0.2) is 22.1 Å². The summed E-state index contributed by atoms with van der Waals surface area (Å²) in [5.74, 6) is -1.24. The number of carboxylic acid groups (broad SMARTS) is 1. The summed E-state index contributed by atoms with van der Waals surface area (Å²) in [6, 6.07) is 3.79. The molecule has 7 heteroatoms. The van der Waals surface area contributed by atoms with Crippen LogP contribution in [0.25, 0.3) is 0 Å². The van der Waals surface area contributed by atoms with Gasteiger partial charge in [0.05, 0.1) is 22.6 Å². The lowest BCUT2D eigenvalue weighted by Gasteiger charge is -2.02. The van der Waals surface area contributed by atoms with Crippen LogP contribution in [0.2, 0.25) is 0 Å². The zero-order valence-electron chi connectivity index (χ0n) is 7.91. The van der Waals surface area contributed by atoms with Gasteiger partial charge in [-0.15, -0.1) is 0 Å². The predicted octanol–water partition coefficient (Wildman–Crippen LogP) is 1.19. The molecule has 0 heterocycles. The second-order valence-electron chi connectivity index (χ2n) is 2.81. The number of carboxylic acids is 1. The lowest BCUT2D eigenvalue weighted by molar-refractivity contribution is -0.385. The van der Waals surface area contributed by atoms with Gasteiger partial charge < -0.3 is 5.11 Å². The molecular weight excluding hydrogens is 216 g/mol. The number of hydrogen-bond acceptors (Lipinski definition) is 5. The molecule has 0 aliphatic carbocycles. The average molecular weight is 222 g/mol. The third kappa shape index (κ3) is 2.49. The highest BCUT2D eigenvalue weighted by Crippen LogP contribution is 2.28. The molecule has 0 spiro atoms. The first-order valence-electron chi connectivity index (χ1n) is 4.12. The van der Waals surface area contributed by atoms with E-state index in [1.807, 2.05) is 0 Å². The molecule has 16 heavy (non-hydrogen) atoms. The van der Waals surface area contributed by atoms with Gasteiger partial charge in [0.25, 0.3) is 5.69 Å². The third-order valence-corrected chi connectivity index (χ3v) is 1.82. The van der Waals surface area contributed by atoms with Crippen molar-refractivity contribution in [3.63, 3.8) is 0 Å². The Balaban J connectivity index is 3.39. The number of nitro groups is 1. The summed E-state index contributed by atoms with van der Waals surface area (Å²) >= 11 is 0. The van der Waals surface area contributed by atoms with E-state index in [0.29, 0.717) is 0 Å². The second kappa shape index (κ2) is 4.81. The monoisotopic (exact) mass is 222 g/mol. The molecular formula is C9H6N2O5. The van der Waals surface area contributed by atoms with Crippen LogP contribution in [0, 0.1) is 10.1 Å². The van der Waals surface area contributed by atoms with E-state index >= 15 is 0 Å². The molecule has 0 radical (unpaired) electrons. The highest BCUT2D eigenvalue weighted by Gasteiger charge is 2.19. The van der Waals surface area contributed by atoms with E-state index in [1.54, 1.807) is 0 Å². The lowest BCUT2D eigenvalue weighted by Crippen LogP contribution is -2.04. The van der Waals surface area contributed by atoms with Crippen LogP contribution in [-0.2, 0) is 16.0 Å². The SMILES string of the molecule is O=C=Nc1cccc([N+](=O)[O-])c1CC(=O)O. The minimum atomic E-state index is -1.24. The summed E-state index contributed by atoms with van der Waals surface area (Å²) in [5.41, 5.74) is -0.533. The van der Waals surface area contributed by atoms with Gasteiger partial charge in [0.1, 0.15) is 0 Å². The van der Waals surface area contributed by atoms with Crippen LogP contribution >= 0.6 is 0 Å². The Morgan fingerprint density at radius 3 is 2.75 bits per heavy atom. The number of nitrogens with zero attached hydrogens (tertiary/aromatic N) is 2. The Hall–Kier alpha value is -2.53. The maximum absolute atomic E-state index is 10.6. The summed E-state index contributed by atoms with van der Waals surface area (Å²) in [7, 11) is 0. The van der Waals surface area contributed by atoms with Crippen molar-refractivity contribution in [3.8, 4) is 0 Å². The van der Waals surface area contributed by atoms with E-state index < -0.39 is 17.3 Å². The topological polar surface area (TPSA) is 110 Å². The van der Waals surface area contributed by atoms with Gasteiger partial charge in [-0.05, 0) is 6.07 Å². The average Bonchev–Trinajstić information content (AvgIpc) is 2.19. The van der Waals surface area contributed by atoms with E-state index in [1.165, 1.54) is 18.2 Å². The third-order valence-electron chi connectivity index (χ3n) is 1.82. The number of aliphatic imine (C=N–C) groups is 1. The Kier molecular flexibility index (Phi) is 3.47. The molecule has 1 N–H and O–H groups in total. The Morgan fingerprint density at radius 2 is 2.25 bits per heavy atom. The molecule has 0 amide bonds. The quantitative estimate of drug-likeness (QED) is 0.356. The highest BCUT2D eigenvalue weighted by atomic mass is 16.6. The number of aliphatic carboxylic acids is 1. The molecule has 0 unspecified atom stereocenters. The molecule has 1 aromatic rings. The molecule has 0 saturated carbocycles. The van der Waals surface area contributed by atoms with Crippen molar-refractivity contribution in [3.05, 3.63) is 33.9 Å². The second-order valence-corrected chi connectivity index (χ2v) is 2.81. The molecule has 0 saturated heterocycles. The van der Waals surface area contributed by atoms with Gasteiger partial charge in [-0.1, -0.05) is 6.07 Å². The van der Waals surface area contributed by atoms with Gasteiger partial charge >= 0.3 is 5.97 Å². The molecule has 7 nitrogen and oxygen atoms in total. The predicted molar refractivity (Wildman–Crippen MR) is 52.2 cm³/mol. The van der Waals surface area contributed by atoms with Crippen LogP contribution in [0.1, 0.15) is 5.56 Å². The number of carbonyl (C=O) groups excluding carboxylic acids is 1. The van der Waals surface area contributed by atoms with Crippen molar-refractivity contribution >= 4 is 23.4 Å². The van der Waals surface area contributed by atoms with Crippen molar-refractivity contribution in [2.75, 3.05) is 0 Å². The summed E-state index contributed by atoms with van der Waals surface area (Å²) in [6.45, 7) is 0. The molecule has 0 aliphatic heterocycles. The van der Waals surface area contributed by atoms with Gasteiger partial charge in [-0.3, -0.25) is 14.9 Å². The minimum absolute atomic E-state index is 0.0494. The molecule has 0 bridgehead atoms. The first-order chi connectivity index (χ1) is 7.56. The summed E-state index contributed by atoms with van der Waals surface area (Å²) in [5, 5.41) is 19.2. The van der Waals surface area contributed by atoms with E-state index in [2.05, 4.69) is 4.99 Å². The molecule has 0 atom stereocenters. The summed E-state index contributed by atoms with van der Waals surface area (Å²) < 4.78 is 0. The van der Waals surface area contributed by atoms with Crippen molar-refractivity contribution in [1.29, 1.82) is 0 Å². The van der Waals surface area contributed by atoms with Gasteiger partial charge in [-0.25, -0.2) is 4.79 Å². The number of nitro benzene ring substituents is 1. The maximum Gasteiger partial charge on any atom is 0.308 e. The number of carbonyl (C=O) groups is 1. The van der Waals surface area contributed by atoms with Crippen LogP contribution in [0.5, 0.6) is 0 Å².